The molecule has 1 rings (SSSR count). The summed E-state index contributed by atoms with van der Waals surface area (Å²) in [4.78, 5) is 20.3. The zero-order valence-electron chi connectivity index (χ0n) is 8.85. The number of rotatable bonds is 4. The molecule has 0 N–H and O–H groups in total. The smallest absolute Gasteiger partial charge is 0.319 e. The lowest BCUT2D eigenvalue weighted by Crippen LogP contribution is -2.18. The highest BCUT2D eigenvalue weighted by Crippen LogP contribution is 2.20. The Labute approximate surface area is 105 Å². The second-order valence-electron chi connectivity index (χ2n) is 3.23. The first kappa shape index (κ1) is 13.6. The number of benzene rings is 1. The zero-order chi connectivity index (χ0) is 13.0. The maximum atomic E-state index is 13.4. The van der Waals surface area contributed by atoms with Gasteiger partial charge in [-0.05, 0) is 18.1 Å². The van der Waals surface area contributed by atoms with Crippen molar-refractivity contribution in [2.24, 2.45) is 0 Å². The van der Waals surface area contributed by atoms with Gasteiger partial charge in [0.1, 0.15) is 10.6 Å². The summed E-state index contributed by atoms with van der Waals surface area (Å²) in [5.74, 6) is -1.15. The summed E-state index contributed by atoms with van der Waals surface area (Å²) in [6, 6.07) is 3.18. The van der Waals surface area contributed by atoms with Crippen molar-refractivity contribution in [2.75, 3.05) is 7.11 Å². The van der Waals surface area contributed by atoms with Crippen molar-refractivity contribution in [2.45, 2.75) is 11.2 Å². The third-order valence-corrected chi connectivity index (χ3v) is 2.79. The average molecular weight is 306 g/mol. The van der Waals surface area contributed by atoms with Gasteiger partial charge in [0, 0.05) is 12.1 Å². The van der Waals surface area contributed by atoms with Crippen LogP contribution < -0.4 is 0 Å². The molecule has 5 nitrogen and oxygen atoms in total. The Morgan fingerprint density at radius 1 is 1.65 bits per heavy atom. The van der Waals surface area contributed by atoms with E-state index in [1.165, 1.54) is 7.11 Å². The van der Waals surface area contributed by atoms with Crippen molar-refractivity contribution in [1.29, 1.82) is 0 Å². The van der Waals surface area contributed by atoms with E-state index < -0.39 is 21.5 Å². The predicted molar refractivity (Wildman–Crippen MR) is 61.5 cm³/mol. The van der Waals surface area contributed by atoms with Crippen LogP contribution in [-0.2, 0) is 16.0 Å². The van der Waals surface area contributed by atoms with E-state index in [1.54, 1.807) is 0 Å². The first-order chi connectivity index (χ1) is 7.95. The lowest BCUT2D eigenvalue weighted by molar-refractivity contribution is -0.385. The molecule has 0 aromatic heterocycles. The van der Waals surface area contributed by atoms with Crippen molar-refractivity contribution >= 4 is 27.6 Å². The molecule has 1 aromatic carbocycles. The van der Waals surface area contributed by atoms with Gasteiger partial charge >= 0.3 is 5.97 Å². The van der Waals surface area contributed by atoms with E-state index >= 15 is 0 Å². The molecule has 0 heterocycles. The number of alkyl halides is 1. The highest BCUT2D eigenvalue weighted by Gasteiger charge is 2.19. The topological polar surface area (TPSA) is 69.4 Å². The molecule has 0 amide bonds. The van der Waals surface area contributed by atoms with E-state index in [-0.39, 0.29) is 17.7 Å². The second-order valence-corrected chi connectivity index (χ2v) is 4.33. The van der Waals surface area contributed by atoms with Gasteiger partial charge in [0.2, 0.25) is 0 Å². The van der Waals surface area contributed by atoms with Crippen LogP contribution in [0.15, 0.2) is 18.2 Å². The molecule has 0 bridgehead atoms. The van der Waals surface area contributed by atoms with Gasteiger partial charge in [-0.3, -0.25) is 14.9 Å². The number of carbonyl (C=O) groups excluding carboxylic acids is 1. The maximum absolute atomic E-state index is 13.4. The van der Waals surface area contributed by atoms with E-state index in [1.807, 2.05) is 0 Å². The fraction of sp³-hybridized carbons (Fsp3) is 0.300. The van der Waals surface area contributed by atoms with Crippen molar-refractivity contribution < 1.29 is 18.8 Å². The Bertz CT molecular complexity index is 452. The van der Waals surface area contributed by atoms with Gasteiger partial charge < -0.3 is 4.74 Å². The molecular formula is C10H9BrFNO4. The SMILES string of the molecule is COC(=O)C(Br)Cc1cc([N+](=O)[O-])ccc1F. The summed E-state index contributed by atoms with van der Waals surface area (Å²) in [7, 11) is 1.21. The Kier molecular flexibility index (Phi) is 4.56. The molecule has 1 unspecified atom stereocenters. The Balaban J connectivity index is 2.93. The number of nitro benzene ring substituents is 1. The molecule has 1 atom stereocenters. The summed E-state index contributed by atoms with van der Waals surface area (Å²) >= 11 is 3.02. The summed E-state index contributed by atoms with van der Waals surface area (Å²) in [5.41, 5.74) is -0.127. The highest BCUT2D eigenvalue weighted by molar-refractivity contribution is 9.10. The minimum atomic E-state index is -0.732. The van der Waals surface area contributed by atoms with Crippen LogP contribution in [-0.4, -0.2) is 22.8 Å². The van der Waals surface area contributed by atoms with Crippen LogP contribution in [0.3, 0.4) is 0 Å². The van der Waals surface area contributed by atoms with Crippen LogP contribution >= 0.6 is 15.9 Å². The molecule has 0 saturated carbocycles. The van der Waals surface area contributed by atoms with Gasteiger partial charge in [0.25, 0.3) is 5.69 Å². The molecule has 1 aromatic rings. The standard InChI is InChI=1S/C10H9BrFNO4/c1-17-10(14)8(11)5-6-4-7(13(15)16)2-3-9(6)12/h2-4,8H,5H2,1H3. The lowest BCUT2D eigenvalue weighted by atomic mass is 10.1. The monoisotopic (exact) mass is 305 g/mol. The Morgan fingerprint density at radius 3 is 2.82 bits per heavy atom. The largest absolute Gasteiger partial charge is 0.468 e. The molecule has 0 spiro atoms. The molecule has 17 heavy (non-hydrogen) atoms. The number of methoxy groups -OCH3 is 1. The normalized spacial score (nSPS) is 11.9. The minimum absolute atomic E-state index is 0.0137. The number of ether oxygens (including phenoxy) is 1. The minimum Gasteiger partial charge on any atom is -0.468 e. The van der Waals surface area contributed by atoms with Gasteiger partial charge in [0.05, 0.1) is 12.0 Å². The molecule has 0 saturated heterocycles. The van der Waals surface area contributed by atoms with Crippen LogP contribution in [0.25, 0.3) is 0 Å². The maximum Gasteiger partial charge on any atom is 0.319 e. The van der Waals surface area contributed by atoms with Crippen LogP contribution in [0.4, 0.5) is 10.1 Å². The molecule has 0 fully saturated rings. The number of esters is 1. The van der Waals surface area contributed by atoms with Crippen molar-refractivity contribution in [3.8, 4) is 0 Å². The summed E-state index contributed by atoms with van der Waals surface area (Å²) in [6.07, 6.45) is -0.0137. The number of hydrogen-bond donors (Lipinski definition) is 0. The van der Waals surface area contributed by atoms with Crippen LogP contribution in [0.2, 0.25) is 0 Å². The summed E-state index contributed by atoms with van der Waals surface area (Å²) in [5, 5.41) is 10.5. The Hall–Kier alpha value is -1.50. The number of carbonyl (C=O) groups is 1. The molecule has 7 heteroatoms. The number of non-ortho nitro benzene ring substituents is 1. The van der Waals surface area contributed by atoms with Gasteiger partial charge in [0.15, 0.2) is 0 Å². The van der Waals surface area contributed by atoms with Gasteiger partial charge in [-0.25, -0.2) is 4.39 Å². The fourth-order valence-electron chi connectivity index (χ4n) is 1.24. The van der Waals surface area contributed by atoms with Crippen LogP contribution in [0.5, 0.6) is 0 Å². The van der Waals surface area contributed by atoms with Crippen LogP contribution in [0.1, 0.15) is 5.56 Å². The van der Waals surface area contributed by atoms with Gasteiger partial charge in [-0.1, -0.05) is 15.9 Å². The summed E-state index contributed by atoms with van der Waals surface area (Å²) in [6.45, 7) is 0. The third kappa shape index (κ3) is 3.48. The molecule has 92 valence electrons. The third-order valence-electron chi connectivity index (χ3n) is 2.10. The van der Waals surface area contributed by atoms with Crippen molar-refractivity contribution in [3.63, 3.8) is 0 Å². The molecule has 0 radical (unpaired) electrons. The van der Waals surface area contributed by atoms with Crippen molar-refractivity contribution in [1.82, 2.24) is 0 Å². The number of nitrogens with zero attached hydrogens (tertiary/aromatic N) is 1. The number of nitro groups is 1. The van der Waals surface area contributed by atoms with Gasteiger partial charge in [-0.15, -0.1) is 0 Å². The van der Waals surface area contributed by atoms with E-state index in [9.17, 15) is 19.3 Å². The van der Waals surface area contributed by atoms with Crippen LogP contribution in [0, 0.1) is 15.9 Å². The van der Waals surface area contributed by atoms with Gasteiger partial charge in [-0.2, -0.15) is 0 Å². The fourth-order valence-corrected chi connectivity index (χ4v) is 1.77. The molecular weight excluding hydrogens is 297 g/mol. The first-order valence-electron chi connectivity index (χ1n) is 4.60. The number of halogens is 2. The zero-order valence-corrected chi connectivity index (χ0v) is 10.4. The summed E-state index contributed by atoms with van der Waals surface area (Å²) < 4.78 is 17.8. The highest BCUT2D eigenvalue weighted by atomic mass is 79.9. The average Bonchev–Trinajstić information content (AvgIpc) is 2.30. The Morgan fingerprint density at radius 2 is 2.29 bits per heavy atom. The number of hydrogen-bond acceptors (Lipinski definition) is 4. The van der Waals surface area contributed by atoms with E-state index in [2.05, 4.69) is 20.7 Å². The molecule has 0 aliphatic heterocycles. The predicted octanol–water partition coefficient (Wildman–Crippen LogP) is 2.21. The van der Waals surface area contributed by atoms with E-state index in [0.717, 1.165) is 18.2 Å². The second kappa shape index (κ2) is 5.72. The van der Waals surface area contributed by atoms with E-state index in [4.69, 9.17) is 0 Å². The quantitative estimate of drug-likeness (QED) is 0.370. The molecule has 0 aliphatic carbocycles. The van der Waals surface area contributed by atoms with E-state index in [0.29, 0.717) is 0 Å². The van der Waals surface area contributed by atoms with Crippen molar-refractivity contribution in [3.05, 3.63) is 39.7 Å². The molecule has 0 aliphatic rings. The lowest BCUT2D eigenvalue weighted by Gasteiger charge is -2.08. The first-order valence-corrected chi connectivity index (χ1v) is 5.52.